The molecule has 0 radical (unpaired) electrons. The molecule has 38 heavy (non-hydrogen) atoms. The molecule has 1 heterocycles. The van der Waals surface area contributed by atoms with Crippen molar-refractivity contribution in [1.29, 1.82) is 0 Å². The van der Waals surface area contributed by atoms with Crippen LogP contribution in [0.25, 0.3) is 39.3 Å². The second kappa shape index (κ2) is 9.96. The second-order valence-corrected chi connectivity index (χ2v) is 10.4. The number of nitrogens with zero attached hydrogens (tertiary/aromatic N) is 1. The van der Waals surface area contributed by atoms with Crippen LogP contribution in [0, 0.1) is 5.92 Å². The van der Waals surface area contributed by atoms with Gasteiger partial charge in [0.05, 0.1) is 11.0 Å². The van der Waals surface area contributed by atoms with E-state index in [1.165, 1.54) is 5.56 Å². The van der Waals surface area contributed by atoms with E-state index >= 15 is 0 Å². The van der Waals surface area contributed by atoms with E-state index in [9.17, 15) is 9.90 Å². The number of ketones is 1. The Bertz CT molecular complexity index is 1630. The lowest BCUT2D eigenvalue weighted by Crippen LogP contribution is -2.10. The fourth-order valence-corrected chi connectivity index (χ4v) is 5.60. The Labute approximate surface area is 226 Å². The van der Waals surface area contributed by atoms with Gasteiger partial charge in [0.1, 0.15) is 11.6 Å². The third-order valence-corrected chi connectivity index (χ3v) is 7.72. The van der Waals surface area contributed by atoms with Crippen LogP contribution in [-0.2, 0) is 0 Å². The molecule has 1 aromatic heterocycles. The van der Waals surface area contributed by atoms with Crippen molar-refractivity contribution in [1.82, 2.24) is 9.97 Å². The number of rotatable bonds is 8. The maximum Gasteiger partial charge on any atom is 0.163 e. The number of hydrogen-bond acceptors (Lipinski definition) is 3. The highest BCUT2D eigenvalue weighted by atomic mass is 35.5. The summed E-state index contributed by atoms with van der Waals surface area (Å²) >= 11 is 6.75. The number of para-hydroxylation sites is 2. The van der Waals surface area contributed by atoms with Crippen molar-refractivity contribution >= 4 is 34.2 Å². The molecule has 6 rings (SSSR count). The fraction of sp³-hybridized carbons (Fsp3) is 0.152. The van der Waals surface area contributed by atoms with Gasteiger partial charge in [-0.05, 0) is 60.1 Å². The van der Waals surface area contributed by atoms with Crippen LogP contribution in [0.5, 0.6) is 0 Å². The number of Topliss-reactive ketones (excluding diaryl/α,β-unsaturated/α-hetero) is 1. The van der Waals surface area contributed by atoms with Crippen LogP contribution >= 0.6 is 11.6 Å². The Kier molecular flexibility index (Phi) is 6.34. The summed E-state index contributed by atoms with van der Waals surface area (Å²) in [5.41, 5.74) is 6.22. The minimum atomic E-state index is -0.119. The molecule has 1 aliphatic rings. The fourth-order valence-electron chi connectivity index (χ4n) is 5.32. The normalized spacial score (nSPS) is 13.9. The molecule has 1 atom stereocenters. The summed E-state index contributed by atoms with van der Waals surface area (Å²) in [5.74, 6) is 1.35. The topological polar surface area (TPSA) is 66.0 Å². The molecule has 0 aliphatic heterocycles. The van der Waals surface area contributed by atoms with Crippen LogP contribution in [-0.4, -0.2) is 20.9 Å². The van der Waals surface area contributed by atoms with Crippen LogP contribution in [0.3, 0.4) is 0 Å². The molecule has 5 aromatic rings. The number of carbonyl (C=O) groups excluding carboxylic acids is 1. The molecule has 1 saturated carbocycles. The average Bonchev–Trinajstić information content (AvgIpc) is 3.69. The van der Waals surface area contributed by atoms with Crippen molar-refractivity contribution in [2.24, 2.45) is 5.92 Å². The zero-order valence-corrected chi connectivity index (χ0v) is 21.6. The molecule has 4 nitrogen and oxygen atoms in total. The Hall–Kier alpha value is -4.15. The molecular weight excluding hydrogens is 492 g/mol. The third-order valence-electron chi connectivity index (χ3n) is 7.40. The molecule has 1 fully saturated rings. The number of aromatic nitrogens is 2. The maximum absolute atomic E-state index is 13.5. The zero-order chi connectivity index (χ0) is 26.2. The standard InChI is InChI=1S/C33H27ClN2O2/c1-20(37)26-18-23(31(38)19-27(22-14-15-22)21-8-3-2-4-9-21)16-17-24(26)32-25(10-7-11-28(32)34)33-35-29-12-5-6-13-30(29)36-33/h2-13,16-18,22,27,37H,1,14-15,19H2,(H,35,36). The number of aliphatic hydroxyl groups excluding tert-OH is 1. The lowest BCUT2D eigenvalue weighted by Gasteiger charge is -2.18. The van der Waals surface area contributed by atoms with Gasteiger partial charge in [0.2, 0.25) is 0 Å². The first-order valence-corrected chi connectivity index (χ1v) is 13.2. The molecule has 0 bridgehead atoms. The first-order valence-electron chi connectivity index (χ1n) is 12.8. The van der Waals surface area contributed by atoms with Crippen molar-refractivity contribution in [2.45, 2.75) is 25.2 Å². The van der Waals surface area contributed by atoms with Crippen molar-refractivity contribution in [3.63, 3.8) is 0 Å². The van der Waals surface area contributed by atoms with Gasteiger partial charge < -0.3 is 10.1 Å². The highest BCUT2D eigenvalue weighted by Crippen LogP contribution is 2.45. The number of imidazole rings is 1. The molecule has 0 amide bonds. The quantitative estimate of drug-likeness (QED) is 0.159. The van der Waals surface area contributed by atoms with E-state index in [1.54, 1.807) is 6.07 Å². The van der Waals surface area contributed by atoms with Gasteiger partial charge in [-0.15, -0.1) is 0 Å². The van der Waals surface area contributed by atoms with Gasteiger partial charge in [0.15, 0.2) is 5.78 Å². The van der Waals surface area contributed by atoms with Crippen molar-refractivity contribution in [3.05, 3.63) is 119 Å². The van der Waals surface area contributed by atoms with Gasteiger partial charge in [-0.3, -0.25) is 4.79 Å². The molecule has 188 valence electrons. The SMILES string of the molecule is C=C(O)c1cc(C(=O)CC(c2ccccc2)C2CC2)ccc1-c1c(Cl)cccc1-c1nc2ccccc2[nH]1. The summed E-state index contributed by atoms with van der Waals surface area (Å²) in [5, 5.41) is 11.1. The Morgan fingerprint density at radius 2 is 1.74 bits per heavy atom. The number of halogens is 1. The van der Waals surface area contributed by atoms with Crippen LogP contribution < -0.4 is 0 Å². The predicted molar refractivity (Wildman–Crippen MR) is 154 cm³/mol. The predicted octanol–water partition coefficient (Wildman–Crippen LogP) is 8.85. The number of benzene rings is 4. The third kappa shape index (κ3) is 4.64. The Morgan fingerprint density at radius 3 is 2.47 bits per heavy atom. The molecule has 0 saturated heterocycles. The number of nitrogens with one attached hydrogen (secondary N) is 1. The van der Waals surface area contributed by atoms with Crippen LogP contribution in [0.2, 0.25) is 5.02 Å². The minimum Gasteiger partial charge on any atom is -0.508 e. The van der Waals surface area contributed by atoms with E-state index in [1.807, 2.05) is 72.8 Å². The van der Waals surface area contributed by atoms with Gasteiger partial charge in [0, 0.05) is 33.7 Å². The highest BCUT2D eigenvalue weighted by Gasteiger charge is 2.34. The van der Waals surface area contributed by atoms with E-state index in [4.69, 9.17) is 16.6 Å². The summed E-state index contributed by atoms with van der Waals surface area (Å²) < 4.78 is 0. The number of carbonyl (C=O) groups is 1. The summed E-state index contributed by atoms with van der Waals surface area (Å²) in [6.45, 7) is 3.80. The van der Waals surface area contributed by atoms with Crippen LogP contribution in [0.4, 0.5) is 0 Å². The van der Waals surface area contributed by atoms with Crippen LogP contribution in [0.15, 0.2) is 97.6 Å². The zero-order valence-electron chi connectivity index (χ0n) is 20.8. The van der Waals surface area contributed by atoms with Crippen molar-refractivity contribution in [2.75, 3.05) is 0 Å². The number of aromatic amines is 1. The van der Waals surface area contributed by atoms with Gasteiger partial charge in [-0.2, -0.15) is 0 Å². The first kappa shape index (κ1) is 24.2. The minimum absolute atomic E-state index is 0.0523. The molecular formula is C33H27ClN2O2. The lowest BCUT2D eigenvalue weighted by molar-refractivity contribution is 0.0970. The van der Waals surface area contributed by atoms with Gasteiger partial charge in [-0.1, -0.05) is 84.9 Å². The van der Waals surface area contributed by atoms with Crippen LogP contribution in [0.1, 0.15) is 46.7 Å². The van der Waals surface area contributed by atoms with Gasteiger partial charge >= 0.3 is 0 Å². The lowest BCUT2D eigenvalue weighted by atomic mass is 9.86. The largest absolute Gasteiger partial charge is 0.508 e. The first-order chi connectivity index (χ1) is 18.5. The second-order valence-electron chi connectivity index (χ2n) is 9.95. The number of H-pyrrole nitrogens is 1. The van der Waals surface area contributed by atoms with E-state index in [0.29, 0.717) is 39.9 Å². The monoisotopic (exact) mass is 518 g/mol. The van der Waals surface area contributed by atoms with Gasteiger partial charge in [-0.25, -0.2) is 4.98 Å². The highest BCUT2D eigenvalue weighted by molar-refractivity contribution is 6.34. The Balaban J connectivity index is 1.39. The Morgan fingerprint density at radius 1 is 0.974 bits per heavy atom. The van der Waals surface area contributed by atoms with Crippen molar-refractivity contribution < 1.29 is 9.90 Å². The van der Waals surface area contributed by atoms with E-state index < -0.39 is 0 Å². The molecule has 4 aromatic carbocycles. The van der Waals surface area contributed by atoms with E-state index in [-0.39, 0.29) is 17.5 Å². The number of hydrogen-bond donors (Lipinski definition) is 2. The summed E-state index contributed by atoms with van der Waals surface area (Å²) in [7, 11) is 0. The number of aliphatic hydroxyl groups is 1. The summed E-state index contributed by atoms with van der Waals surface area (Å²) in [4.78, 5) is 21.6. The number of fused-ring (bicyclic) bond motifs is 1. The summed E-state index contributed by atoms with van der Waals surface area (Å²) in [6, 6.07) is 29.2. The molecule has 0 spiro atoms. The maximum atomic E-state index is 13.5. The van der Waals surface area contributed by atoms with Gasteiger partial charge in [0.25, 0.3) is 0 Å². The van der Waals surface area contributed by atoms with E-state index in [2.05, 4.69) is 23.7 Å². The summed E-state index contributed by atoms with van der Waals surface area (Å²) in [6.07, 6.45) is 2.74. The molecule has 1 unspecified atom stereocenters. The van der Waals surface area contributed by atoms with E-state index in [0.717, 1.165) is 35.0 Å². The average molecular weight is 519 g/mol. The molecule has 5 heteroatoms. The van der Waals surface area contributed by atoms with Crippen molar-refractivity contribution in [3.8, 4) is 22.5 Å². The smallest absolute Gasteiger partial charge is 0.163 e. The molecule has 1 aliphatic carbocycles. The molecule has 2 N–H and O–H groups in total.